The number of H-pyrrole nitrogens is 1. The van der Waals surface area contributed by atoms with E-state index in [1.54, 1.807) is 6.26 Å². The fraction of sp³-hybridized carbons (Fsp3) is 0.0769. The lowest BCUT2D eigenvalue weighted by atomic mass is 10.0. The summed E-state index contributed by atoms with van der Waals surface area (Å²) >= 11 is 0. The van der Waals surface area contributed by atoms with Crippen LogP contribution in [0.15, 0.2) is 102 Å². The van der Waals surface area contributed by atoms with Gasteiger partial charge in [-0.2, -0.15) is 0 Å². The maximum atomic E-state index is 13.2. The molecule has 0 bridgehead atoms. The molecule has 5 rings (SSSR count). The molecule has 2 N–H and O–H groups in total. The van der Waals surface area contributed by atoms with E-state index in [0.29, 0.717) is 18.0 Å². The molecule has 0 radical (unpaired) electrons. The molecule has 0 saturated heterocycles. The largest absolute Gasteiger partial charge is 0.459 e. The molecule has 1 atom stereocenters. The maximum absolute atomic E-state index is 13.2. The Morgan fingerprint density at radius 3 is 2.39 bits per heavy atom. The average molecular weight is 407 g/mol. The Morgan fingerprint density at radius 2 is 1.61 bits per heavy atom. The van der Waals surface area contributed by atoms with E-state index in [4.69, 9.17) is 9.40 Å². The number of nitrogens with one attached hydrogen (secondary N) is 2. The topological polar surface area (TPSA) is 70.9 Å². The van der Waals surface area contributed by atoms with Gasteiger partial charge in [0, 0.05) is 5.56 Å². The molecule has 2 heterocycles. The van der Waals surface area contributed by atoms with Crippen LogP contribution in [0.3, 0.4) is 0 Å². The first kappa shape index (κ1) is 18.9. The van der Waals surface area contributed by atoms with Crippen molar-refractivity contribution < 1.29 is 9.21 Å². The number of carbonyl (C=O) groups is 1. The van der Waals surface area contributed by atoms with Gasteiger partial charge in [-0.1, -0.05) is 72.8 Å². The van der Waals surface area contributed by atoms with Crippen molar-refractivity contribution in [3.63, 3.8) is 0 Å². The summed E-state index contributed by atoms with van der Waals surface area (Å²) in [6.45, 7) is 0. The minimum Gasteiger partial charge on any atom is -0.459 e. The molecule has 0 fully saturated rings. The second-order valence-electron chi connectivity index (χ2n) is 7.38. The number of furan rings is 1. The number of aromatic amines is 1. The first-order valence-electron chi connectivity index (χ1n) is 10.2. The van der Waals surface area contributed by atoms with Crippen molar-refractivity contribution in [1.82, 2.24) is 15.3 Å². The Kier molecular flexibility index (Phi) is 5.07. The lowest BCUT2D eigenvalue weighted by Gasteiger charge is -2.17. The van der Waals surface area contributed by atoms with Crippen LogP contribution in [0.2, 0.25) is 0 Å². The molecule has 5 heteroatoms. The fourth-order valence-electron chi connectivity index (χ4n) is 3.76. The van der Waals surface area contributed by atoms with Crippen LogP contribution >= 0.6 is 0 Å². The minimum atomic E-state index is -0.337. The second-order valence-corrected chi connectivity index (χ2v) is 7.38. The molecule has 0 spiro atoms. The van der Waals surface area contributed by atoms with Crippen molar-refractivity contribution in [2.45, 2.75) is 12.5 Å². The van der Waals surface area contributed by atoms with Gasteiger partial charge in [-0.15, -0.1) is 0 Å². The Bertz CT molecular complexity index is 1270. The van der Waals surface area contributed by atoms with Gasteiger partial charge >= 0.3 is 0 Å². The SMILES string of the molecule is O=C(N[C@@H](Cc1ccccc1)c1nc2ccccc2[nH]1)c1occc1-c1ccccc1. The number of benzene rings is 3. The highest BCUT2D eigenvalue weighted by Crippen LogP contribution is 2.26. The van der Waals surface area contributed by atoms with Crippen LogP contribution < -0.4 is 5.32 Å². The summed E-state index contributed by atoms with van der Waals surface area (Å²) in [6.07, 6.45) is 2.15. The van der Waals surface area contributed by atoms with E-state index in [-0.39, 0.29) is 11.9 Å². The molecule has 152 valence electrons. The summed E-state index contributed by atoms with van der Waals surface area (Å²) in [7, 11) is 0. The van der Waals surface area contributed by atoms with Gasteiger partial charge in [0.1, 0.15) is 5.82 Å². The number of rotatable bonds is 6. The average Bonchev–Trinajstić information content (AvgIpc) is 3.47. The standard InChI is InChI=1S/C26H21N3O2/c30-26(24-20(15-16-31-24)19-11-5-2-6-12-19)29-23(17-18-9-3-1-4-10-18)25-27-21-13-7-8-14-22(21)28-25/h1-16,23H,17H2,(H,27,28)(H,29,30)/t23-/m0/s1. The van der Waals surface area contributed by atoms with Crippen LogP contribution in [0.5, 0.6) is 0 Å². The predicted octanol–water partition coefficient (Wildman–Crippen LogP) is 5.54. The van der Waals surface area contributed by atoms with Gasteiger partial charge in [-0.3, -0.25) is 4.79 Å². The first-order valence-corrected chi connectivity index (χ1v) is 10.2. The number of para-hydroxylation sites is 2. The Balaban J connectivity index is 1.47. The molecule has 5 aromatic rings. The molecule has 0 saturated carbocycles. The molecule has 0 aliphatic carbocycles. The van der Waals surface area contributed by atoms with Crippen molar-refractivity contribution in [1.29, 1.82) is 0 Å². The van der Waals surface area contributed by atoms with Gasteiger partial charge in [0.2, 0.25) is 0 Å². The zero-order valence-electron chi connectivity index (χ0n) is 16.8. The highest BCUT2D eigenvalue weighted by Gasteiger charge is 2.23. The van der Waals surface area contributed by atoms with E-state index in [2.05, 4.69) is 10.3 Å². The molecular formula is C26H21N3O2. The number of hydrogen-bond acceptors (Lipinski definition) is 3. The highest BCUT2D eigenvalue weighted by atomic mass is 16.3. The molecule has 0 aliphatic heterocycles. The number of amides is 1. The smallest absolute Gasteiger partial charge is 0.288 e. The van der Waals surface area contributed by atoms with Crippen LogP contribution in [0, 0.1) is 0 Å². The van der Waals surface area contributed by atoms with Crippen molar-refractivity contribution in [3.05, 3.63) is 114 Å². The second kappa shape index (κ2) is 8.32. The highest BCUT2D eigenvalue weighted by molar-refractivity contribution is 5.98. The number of fused-ring (bicyclic) bond motifs is 1. The van der Waals surface area contributed by atoms with Crippen molar-refractivity contribution in [2.24, 2.45) is 0 Å². The van der Waals surface area contributed by atoms with E-state index < -0.39 is 0 Å². The number of hydrogen-bond donors (Lipinski definition) is 2. The van der Waals surface area contributed by atoms with Gasteiger partial charge in [-0.05, 0) is 35.7 Å². The molecular weight excluding hydrogens is 386 g/mol. The Labute approximate surface area is 179 Å². The van der Waals surface area contributed by atoms with E-state index in [9.17, 15) is 4.79 Å². The van der Waals surface area contributed by atoms with Crippen molar-refractivity contribution >= 4 is 16.9 Å². The fourth-order valence-corrected chi connectivity index (χ4v) is 3.76. The lowest BCUT2D eigenvalue weighted by molar-refractivity contribution is 0.0907. The van der Waals surface area contributed by atoms with Crippen LogP contribution in [0.25, 0.3) is 22.2 Å². The third-order valence-corrected chi connectivity index (χ3v) is 5.28. The maximum Gasteiger partial charge on any atom is 0.288 e. The summed E-state index contributed by atoms with van der Waals surface area (Å²) in [5.74, 6) is 0.733. The van der Waals surface area contributed by atoms with Gasteiger partial charge in [-0.25, -0.2) is 4.98 Å². The molecule has 0 aliphatic rings. The molecule has 2 aromatic heterocycles. The lowest BCUT2D eigenvalue weighted by Crippen LogP contribution is -2.30. The van der Waals surface area contributed by atoms with Gasteiger partial charge in [0.05, 0.1) is 23.3 Å². The van der Waals surface area contributed by atoms with Crippen LogP contribution in [0.1, 0.15) is 28.0 Å². The number of carbonyl (C=O) groups excluding carboxylic acids is 1. The Hall–Kier alpha value is -4.12. The van der Waals surface area contributed by atoms with Gasteiger partial charge < -0.3 is 14.7 Å². The number of aromatic nitrogens is 2. The van der Waals surface area contributed by atoms with Crippen LogP contribution in [-0.4, -0.2) is 15.9 Å². The van der Waals surface area contributed by atoms with E-state index in [1.807, 2.05) is 91.0 Å². The molecule has 1 amide bonds. The minimum absolute atomic E-state index is 0.273. The summed E-state index contributed by atoms with van der Waals surface area (Å²) in [5, 5.41) is 3.13. The van der Waals surface area contributed by atoms with Crippen molar-refractivity contribution in [3.8, 4) is 11.1 Å². The summed E-state index contributed by atoms with van der Waals surface area (Å²) < 4.78 is 5.58. The van der Waals surface area contributed by atoms with Crippen molar-refractivity contribution in [2.75, 3.05) is 0 Å². The number of nitrogens with zero attached hydrogens (tertiary/aromatic N) is 1. The van der Waals surface area contributed by atoms with Gasteiger partial charge in [0.25, 0.3) is 5.91 Å². The Morgan fingerprint density at radius 1 is 0.903 bits per heavy atom. The first-order chi connectivity index (χ1) is 15.3. The molecule has 3 aromatic carbocycles. The summed E-state index contributed by atoms with van der Waals surface area (Å²) in [5.41, 5.74) is 4.61. The van der Waals surface area contributed by atoms with E-state index in [0.717, 1.165) is 27.7 Å². The zero-order valence-corrected chi connectivity index (χ0v) is 16.8. The zero-order chi connectivity index (χ0) is 21.0. The molecule has 31 heavy (non-hydrogen) atoms. The van der Waals surface area contributed by atoms with E-state index >= 15 is 0 Å². The van der Waals surface area contributed by atoms with E-state index in [1.165, 1.54) is 0 Å². The van der Waals surface area contributed by atoms with Gasteiger partial charge in [0.15, 0.2) is 5.76 Å². The normalized spacial score (nSPS) is 12.0. The van der Waals surface area contributed by atoms with Crippen LogP contribution in [-0.2, 0) is 6.42 Å². The summed E-state index contributed by atoms with van der Waals surface area (Å²) in [6, 6.07) is 29.1. The molecule has 5 nitrogen and oxygen atoms in total. The molecule has 0 unspecified atom stereocenters. The monoisotopic (exact) mass is 407 g/mol. The quantitative estimate of drug-likeness (QED) is 0.388. The van der Waals surface area contributed by atoms with Crippen LogP contribution in [0.4, 0.5) is 0 Å². The third kappa shape index (κ3) is 3.98. The summed E-state index contributed by atoms with van der Waals surface area (Å²) in [4.78, 5) is 21.3. The third-order valence-electron chi connectivity index (χ3n) is 5.28. The number of imidazole rings is 1. The predicted molar refractivity (Wildman–Crippen MR) is 121 cm³/mol.